The molecule has 0 heterocycles. The number of hydrogen-bond donors (Lipinski definition) is 1. The van der Waals surface area contributed by atoms with Gasteiger partial charge < -0.3 is 10.1 Å². The van der Waals surface area contributed by atoms with Gasteiger partial charge in [0.1, 0.15) is 17.7 Å². The molecule has 1 N–H and O–H groups in total. The SMILES string of the molecule is CNC1c2ccccc2C(C)CC1Oc1cccc(F)c1. The van der Waals surface area contributed by atoms with Gasteiger partial charge in [-0.3, -0.25) is 0 Å². The zero-order valence-corrected chi connectivity index (χ0v) is 12.3. The smallest absolute Gasteiger partial charge is 0.126 e. The molecule has 0 aliphatic heterocycles. The summed E-state index contributed by atoms with van der Waals surface area (Å²) in [5.74, 6) is 0.758. The van der Waals surface area contributed by atoms with Crippen LogP contribution in [0.25, 0.3) is 0 Å². The van der Waals surface area contributed by atoms with Crippen LogP contribution >= 0.6 is 0 Å². The summed E-state index contributed by atoms with van der Waals surface area (Å²) in [6, 6.07) is 15.0. The maximum atomic E-state index is 13.3. The van der Waals surface area contributed by atoms with E-state index in [4.69, 9.17) is 4.74 Å². The molecule has 3 atom stereocenters. The quantitative estimate of drug-likeness (QED) is 0.919. The van der Waals surface area contributed by atoms with Gasteiger partial charge >= 0.3 is 0 Å². The number of benzene rings is 2. The lowest BCUT2D eigenvalue weighted by Gasteiger charge is -2.36. The molecule has 2 aromatic rings. The van der Waals surface area contributed by atoms with Crippen molar-refractivity contribution >= 4 is 0 Å². The first-order valence-electron chi connectivity index (χ1n) is 7.37. The first kappa shape index (κ1) is 14.1. The largest absolute Gasteiger partial charge is 0.488 e. The Labute approximate surface area is 125 Å². The van der Waals surface area contributed by atoms with E-state index in [1.807, 2.05) is 7.05 Å². The molecule has 0 fully saturated rings. The second kappa shape index (κ2) is 5.86. The van der Waals surface area contributed by atoms with Gasteiger partial charge in [0.2, 0.25) is 0 Å². The number of halogens is 1. The molecule has 2 nitrogen and oxygen atoms in total. The molecule has 1 aliphatic rings. The van der Waals surface area contributed by atoms with Gasteiger partial charge in [-0.15, -0.1) is 0 Å². The Morgan fingerprint density at radius 1 is 1.10 bits per heavy atom. The first-order valence-corrected chi connectivity index (χ1v) is 7.37. The first-order chi connectivity index (χ1) is 10.2. The summed E-state index contributed by atoms with van der Waals surface area (Å²) in [4.78, 5) is 0. The van der Waals surface area contributed by atoms with Crippen LogP contribution in [0.2, 0.25) is 0 Å². The number of hydrogen-bond acceptors (Lipinski definition) is 2. The van der Waals surface area contributed by atoms with Crippen LogP contribution in [0.4, 0.5) is 4.39 Å². The Bertz CT molecular complexity index is 628. The van der Waals surface area contributed by atoms with Gasteiger partial charge in [-0.1, -0.05) is 37.3 Å². The third-order valence-electron chi connectivity index (χ3n) is 4.21. The average molecular weight is 285 g/mol. The van der Waals surface area contributed by atoms with Gasteiger partial charge in [-0.25, -0.2) is 4.39 Å². The summed E-state index contributed by atoms with van der Waals surface area (Å²) < 4.78 is 19.4. The van der Waals surface area contributed by atoms with Crippen LogP contribution in [0.3, 0.4) is 0 Å². The second-order valence-corrected chi connectivity index (χ2v) is 5.65. The Balaban J connectivity index is 1.89. The van der Waals surface area contributed by atoms with E-state index in [0.29, 0.717) is 11.7 Å². The molecular formula is C18H20FNO. The summed E-state index contributed by atoms with van der Waals surface area (Å²) in [6.45, 7) is 2.21. The summed E-state index contributed by atoms with van der Waals surface area (Å²) in [5.41, 5.74) is 2.65. The maximum absolute atomic E-state index is 13.3. The minimum Gasteiger partial charge on any atom is -0.488 e. The van der Waals surface area contributed by atoms with Crippen LogP contribution in [0.1, 0.15) is 36.4 Å². The minimum absolute atomic E-state index is 0.00157. The highest BCUT2D eigenvalue weighted by Crippen LogP contribution is 2.39. The van der Waals surface area contributed by atoms with E-state index < -0.39 is 0 Å². The van der Waals surface area contributed by atoms with Crippen molar-refractivity contribution in [2.75, 3.05) is 7.05 Å². The van der Waals surface area contributed by atoms with Gasteiger partial charge in [0, 0.05) is 6.07 Å². The Hall–Kier alpha value is -1.87. The van der Waals surface area contributed by atoms with E-state index in [-0.39, 0.29) is 18.0 Å². The molecule has 3 unspecified atom stereocenters. The number of nitrogens with one attached hydrogen (secondary N) is 1. The van der Waals surface area contributed by atoms with Crippen LogP contribution in [0.15, 0.2) is 48.5 Å². The molecule has 0 bridgehead atoms. The Kier molecular flexibility index (Phi) is 3.93. The van der Waals surface area contributed by atoms with E-state index in [1.54, 1.807) is 12.1 Å². The van der Waals surface area contributed by atoms with Crippen LogP contribution in [0.5, 0.6) is 5.75 Å². The van der Waals surface area contributed by atoms with Crippen molar-refractivity contribution in [1.29, 1.82) is 0 Å². The average Bonchev–Trinajstić information content (AvgIpc) is 2.48. The molecule has 0 amide bonds. The fourth-order valence-corrected chi connectivity index (χ4v) is 3.23. The van der Waals surface area contributed by atoms with Crippen LogP contribution in [0, 0.1) is 5.82 Å². The predicted molar refractivity (Wildman–Crippen MR) is 82.1 cm³/mol. The number of rotatable bonds is 3. The number of ether oxygens (including phenoxy) is 1. The molecule has 21 heavy (non-hydrogen) atoms. The highest BCUT2D eigenvalue weighted by molar-refractivity contribution is 5.37. The molecule has 2 aromatic carbocycles. The van der Waals surface area contributed by atoms with Gasteiger partial charge in [0.05, 0.1) is 6.04 Å². The van der Waals surface area contributed by atoms with Crippen molar-refractivity contribution in [3.05, 3.63) is 65.5 Å². The minimum atomic E-state index is -0.266. The van der Waals surface area contributed by atoms with Crippen molar-refractivity contribution in [1.82, 2.24) is 5.32 Å². The monoisotopic (exact) mass is 285 g/mol. The lowest BCUT2D eigenvalue weighted by Crippen LogP contribution is -2.38. The molecule has 3 rings (SSSR count). The molecule has 0 aromatic heterocycles. The zero-order chi connectivity index (χ0) is 14.8. The van der Waals surface area contributed by atoms with E-state index in [2.05, 4.69) is 36.5 Å². The fourth-order valence-electron chi connectivity index (χ4n) is 3.23. The lowest BCUT2D eigenvalue weighted by atomic mass is 9.79. The van der Waals surface area contributed by atoms with Crippen molar-refractivity contribution in [2.45, 2.75) is 31.4 Å². The third kappa shape index (κ3) is 2.79. The van der Waals surface area contributed by atoms with Crippen molar-refractivity contribution in [3.63, 3.8) is 0 Å². The van der Waals surface area contributed by atoms with Gasteiger partial charge in [0.25, 0.3) is 0 Å². The van der Waals surface area contributed by atoms with Crippen molar-refractivity contribution in [2.24, 2.45) is 0 Å². The highest BCUT2D eigenvalue weighted by Gasteiger charge is 2.33. The van der Waals surface area contributed by atoms with Gasteiger partial charge in [-0.2, -0.15) is 0 Å². The van der Waals surface area contributed by atoms with E-state index >= 15 is 0 Å². The molecule has 1 aliphatic carbocycles. The molecule has 3 heteroatoms. The topological polar surface area (TPSA) is 21.3 Å². The molecule has 110 valence electrons. The summed E-state index contributed by atoms with van der Waals surface area (Å²) in [7, 11) is 1.94. The Morgan fingerprint density at radius 3 is 2.57 bits per heavy atom. The van der Waals surface area contributed by atoms with Gasteiger partial charge in [-0.05, 0) is 42.6 Å². The molecule has 0 saturated carbocycles. The standard InChI is InChI=1S/C18H20FNO/c1-12-10-17(21-14-7-5-6-13(19)11-14)18(20-2)16-9-4-3-8-15(12)16/h3-9,11-12,17-18,20H,10H2,1-2H3. The molecule has 0 saturated heterocycles. The predicted octanol–water partition coefficient (Wildman–Crippen LogP) is 4.04. The zero-order valence-electron chi connectivity index (χ0n) is 12.3. The van der Waals surface area contributed by atoms with Crippen LogP contribution in [-0.2, 0) is 0 Å². The van der Waals surface area contributed by atoms with E-state index in [1.165, 1.54) is 23.3 Å². The third-order valence-corrected chi connectivity index (χ3v) is 4.21. The van der Waals surface area contributed by atoms with Crippen LogP contribution in [-0.4, -0.2) is 13.2 Å². The van der Waals surface area contributed by atoms with Gasteiger partial charge in [0.15, 0.2) is 0 Å². The normalized spacial score (nSPS) is 24.4. The molecular weight excluding hydrogens is 265 g/mol. The maximum Gasteiger partial charge on any atom is 0.126 e. The number of fused-ring (bicyclic) bond motifs is 1. The summed E-state index contributed by atoms with van der Waals surface area (Å²) >= 11 is 0. The summed E-state index contributed by atoms with van der Waals surface area (Å²) in [5, 5.41) is 3.35. The van der Waals surface area contributed by atoms with Crippen molar-refractivity contribution in [3.8, 4) is 5.75 Å². The number of likely N-dealkylation sites (N-methyl/N-ethyl adjacent to an activating group) is 1. The van der Waals surface area contributed by atoms with E-state index in [9.17, 15) is 4.39 Å². The molecule has 0 radical (unpaired) electrons. The van der Waals surface area contributed by atoms with Crippen LogP contribution < -0.4 is 10.1 Å². The lowest BCUT2D eigenvalue weighted by molar-refractivity contribution is 0.130. The van der Waals surface area contributed by atoms with E-state index in [0.717, 1.165) is 6.42 Å². The Morgan fingerprint density at radius 2 is 1.86 bits per heavy atom. The summed E-state index contributed by atoms with van der Waals surface area (Å²) in [6.07, 6.45) is 0.917. The second-order valence-electron chi connectivity index (χ2n) is 5.65. The highest BCUT2D eigenvalue weighted by atomic mass is 19.1. The fraction of sp³-hybridized carbons (Fsp3) is 0.333. The molecule has 0 spiro atoms. The van der Waals surface area contributed by atoms with Crippen molar-refractivity contribution < 1.29 is 9.13 Å².